The number of carbonyl (C=O) groups excluding carboxylic acids is 1. The SMILES string of the molecule is CCCNC(=O)[C@H](C)Sc1nnc(-c2ccc(C)cc2)o1. The molecule has 1 aromatic heterocycles. The highest BCUT2D eigenvalue weighted by molar-refractivity contribution is 8.00. The van der Waals surface area contributed by atoms with Crippen molar-refractivity contribution in [2.75, 3.05) is 6.54 Å². The van der Waals surface area contributed by atoms with Gasteiger partial charge in [0.1, 0.15) is 0 Å². The van der Waals surface area contributed by atoms with Crippen LogP contribution in [0.4, 0.5) is 0 Å². The number of aryl methyl sites for hydroxylation is 1. The average Bonchev–Trinajstić information content (AvgIpc) is 2.93. The van der Waals surface area contributed by atoms with Crippen molar-refractivity contribution in [1.29, 1.82) is 0 Å². The maximum Gasteiger partial charge on any atom is 0.277 e. The molecule has 0 saturated heterocycles. The summed E-state index contributed by atoms with van der Waals surface area (Å²) in [7, 11) is 0. The molecule has 0 fully saturated rings. The number of nitrogens with zero attached hydrogens (tertiary/aromatic N) is 2. The van der Waals surface area contributed by atoms with Crippen LogP contribution < -0.4 is 5.32 Å². The molecule has 0 unspecified atom stereocenters. The molecule has 2 aromatic rings. The first-order chi connectivity index (χ1) is 10.1. The number of hydrogen-bond acceptors (Lipinski definition) is 5. The van der Waals surface area contributed by atoms with E-state index in [1.165, 1.54) is 17.3 Å². The molecule has 21 heavy (non-hydrogen) atoms. The molecule has 1 aromatic carbocycles. The van der Waals surface area contributed by atoms with Crippen LogP contribution in [0, 0.1) is 6.92 Å². The highest BCUT2D eigenvalue weighted by atomic mass is 32.2. The molecule has 0 aliphatic rings. The van der Waals surface area contributed by atoms with Gasteiger partial charge in [-0.1, -0.05) is 36.4 Å². The Morgan fingerprint density at radius 1 is 1.33 bits per heavy atom. The van der Waals surface area contributed by atoms with Gasteiger partial charge in [0.05, 0.1) is 5.25 Å². The van der Waals surface area contributed by atoms with Crippen molar-refractivity contribution in [3.05, 3.63) is 29.8 Å². The molecule has 0 radical (unpaired) electrons. The van der Waals surface area contributed by atoms with E-state index in [9.17, 15) is 4.79 Å². The van der Waals surface area contributed by atoms with Crippen LogP contribution in [0.15, 0.2) is 33.9 Å². The van der Waals surface area contributed by atoms with E-state index in [0.717, 1.165) is 12.0 Å². The van der Waals surface area contributed by atoms with Crippen LogP contribution in [0.25, 0.3) is 11.5 Å². The second-order valence-corrected chi connectivity index (χ2v) is 6.08. The monoisotopic (exact) mass is 305 g/mol. The smallest absolute Gasteiger partial charge is 0.277 e. The lowest BCUT2D eigenvalue weighted by Gasteiger charge is -2.08. The van der Waals surface area contributed by atoms with Gasteiger partial charge in [-0.05, 0) is 32.4 Å². The van der Waals surface area contributed by atoms with Gasteiger partial charge in [-0.2, -0.15) is 0 Å². The van der Waals surface area contributed by atoms with E-state index in [0.29, 0.717) is 17.7 Å². The number of thioether (sulfide) groups is 1. The topological polar surface area (TPSA) is 68.0 Å². The minimum absolute atomic E-state index is 0.0167. The van der Waals surface area contributed by atoms with Gasteiger partial charge >= 0.3 is 0 Å². The summed E-state index contributed by atoms with van der Waals surface area (Å²) in [6, 6.07) is 7.86. The molecule has 112 valence electrons. The van der Waals surface area contributed by atoms with Crippen molar-refractivity contribution in [3.8, 4) is 11.5 Å². The summed E-state index contributed by atoms with van der Waals surface area (Å²) in [5, 5.41) is 11.0. The van der Waals surface area contributed by atoms with E-state index in [4.69, 9.17) is 4.42 Å². The van der Waals surface area contributed by atoms with Gasteiger partial charge in [0, 0.05) is 12.1 Å². The number of rotatable bonds is 6. The molecular weight excluding hydrogens is 286 g/mol. The zero-order chi connectivity index (χ0) is 15.2. The maximum absolute atomic E-state index is 11.8. The fourth-order valence-electron chi connectivity index (χ4n) is 1.67. The Balaban J connectivity index is 2.00. The van der Waals surface area contributed by atoms with Gasteiger partial charge in [0.2, 0.25) is 11.8 Å². The predicted octanol–water partition coefficient (Wildman–Crippen LogP) is 3.05. The van der Waals surface area contributed by atoms with Crippen molar-refractivity contribution in [3.63, 3.8) is 0 Å². The summed E-state index contributed by atoms with van der Waals surface area (Å²) < 4.78 is 5.60. The van der Waals surface area contributed by atoms with E-state index < -0.39 is 0 Å². The zero-order valence-electron chi connectivity index (χ0n) is 12.4. The fourth-order valence-corrected chi connectivity index (χ4v) is 2.37. The third-order valence-corrected chi connectivity index (χ3v) is 3.84. The van der Waals surface area contributed by atoms with E-state index in [1.54, 1.807) is 0 Å². The normalized spacial score (nSPS) is 12.1. The Bertz CT molecular complexity index is 595. The summed E-state index contributed by atoms with van der Waals surface area (Å²) in [5.74, 6) is 0.454. The Hall–Kier alpha value is -1.82. The molecule has 0 aliphatic carbocycles. The van der Waals surface area contributed by atoms with E-state index in [2.05, 4.69) is 15.5 Å². The third-order valence-electron chi connectivity index (χ3n) is 2.90. The maximum atomic E-state index is 11.8. The molecule has 2 rings (SSSR count). The molecule has 0 aliphatic heterocycles. The van der Waals surface area contributed by atoms with E-state index in [1.807, 2.05) is 45.0 Å². The Kier molecular flexibility index (Phi) is 5.38. The molecule has 1 atom stereocenters. The standard InChI is InChI=1S/C15H19N3O2S/c1-4-9-16-13(19)11(3)21-15-18-17-14(20-15)12-7-5-10(2)6-8-12/h5-8,11H,4,9H2,1-3H3,(H,16,19)/t11-/m0/s1. The van der Waals surface area contributed by atoms with Crippen LogP contribution in [-0.2, 0) is 4.79 Å². The summed E-state index contributed by atoms with van der Waals surface area (Å²) in [5.41, 5.74) is 2.05. The van der Waals surface area contributed by atoms with Crippen molar-refractivity contribution in [1.82, 2.24) is 15.5 Å². The molecule has 6 heteroatoms. The predicted molar refractivity (Wildman–Crippen MR) is 83.1 cm³/mol. The summed E-state index contributed by atoms with van der Waals surface area (Å²) in [6.45, 7) is 6.55. The summed E-state index contributed by atoms with van der Waals surface area (Å²) >= 11 is 1.27. The molecule has 1 N–H and O–H groups in total. The van der Waals surface area contributed by atoms with Crippen molar-refractivity contribution < 1.29 is 9.21 Å². The molecule has 1 heterocycles. The van der Waals surface area contributed by atoms with Crippen LogP contribution in [0.5, 0.6) is 0 Å². The van der Waals surface area contributed by atoms with Gasteiger partial charge < -0.3 is 9.73 Å². The Morgan fingerprint density at radius 3 is 2.71 bits per heavy atom. The van der Waals surface area contributed by atoms with Crippen LogP contribution in [0.3, 0.4) is 0 Å². The largest absolute Gasteiger partial charge is 0.411 e. The lowest BCUT2D eigenvalue weighted by atomic mass is 10.1. The first-order valence-electron chi connectivity index (χ1n) is 6.95. The number of amides is 1. The first kappa shape index (κ1) is 15.6. The van der Waals surface area contributed by atoms with Gasteiger partial charge in [-0.3, -0.25) is 4.79 Å². The molecule has 5 nitrogen and oxygen atoms in total. The van der Waals surface area contributed by atoms with E-state index in [-0.39, 0.29) is 11.2 Å². The first-order valence-corrected chi connectivity index (χ1v) is 7.83. The van der Waals surface area contributed by atoms with Crippen LogP contribution in [0.1, 0.15) is 25.8 Å². The lowest BCUT2D eigenvalue weighted by molar-refractivity contribution is -0.120. The number of nitrogens with one attached hydrogen (secondary N) is 1. The third kappa shape index (κ3) is 4.32. The van der Waals surface area contributed by atoms with Crippen molar-refractivity contribution in [2.45, 2.75) is 37.7 Å². The highest BCUT2D eigenvalue weighted by Crippen LogP contribution is 2.26. The van der Waals surface area contributed by atoms with Crippen LogP contribution >= 0.6 is 11.8 Å². The van der Waals surface area contributed by atoms with Gasteiger partial charge in [-0.15, -0.1) is 10.2 Å². The fraction of sp³-hybridized carbons (Fsp3) is 0.400. The van der Waals surface area contributed by atoms with E-state index >= 15 is 0 Å². The minimum atomic E-state index is -0.261. The second kappa shape index (κ2) is 7.26. The zero-order valence-corrected chi connectivity index (χ0v) is 13.2. The van der Waals surface area contributed by atoms with Crippen molar-refractivity contribution in [2.24, 2.45) is 0 Å². The van der Waals surface area contributed by atoms with Crippen LogP contribution in [0.2, 0.25) is 0 Å². The average molecular weight is 305 g/mol. The summed E-state index contributed by atoms with van der Waals surface area (Å²) in [6.07, 6.45) is 0.918. The molecule has 0 bridgehead atoms. The Morgan fingerprint density at radius 2 is 2.05 bits per heavy atom. The number of carbonyl (C=O) groups is 1. The molecule has 0 saturated carbocycles. The van der Waals surface area contributed by atoms with Crippen LogP contribution in [-0.4, -0.2) is 27.9 Å². The van der Waals surface area contributed by atoms with Crippen molar-refractivity contribution >= 4 is 17.7 Å². The quantitative estimate of drug-likeness (QED) is 0.831. The second-order valence-electron chi connectivity index (χ2n) is 4.79. The number of aromatic nitrogens is 2. The number of benzene rings is 1. The summed E-state index contributed by atoms with van der Waals surface area (Å²) in [4.78, 5) is 11.8. The Labute approximate surface area is 128 Å². The highest BCUT2D eigenvalue weighted by Gasteiger charge is 2.18. The van der Waals surface area contributed by atoms with Gasteiger partial charge in [0.15, 0.2) is 0 Å². The number of hydrogen-bond donors (Lipinski definition) is 1. The van der Waals surface area contributed by atoms with Gasteiger partial charge in [-0.25, -0.2) is 0 Å². The molecule has 0 spiro atoms. The molecule has 1 amide bonds. The lowest BCUT2D eigenvalue weighted by Crippen LogP contribution is -2.31. The minimum Gasteiger partial charge on any atom is -0.411 e. The van der Waals surface area contributed by atoms with Gasteiger partial charge in [0.25, 0.3) is 5.22 Å². The molecular formula is C15H19N3O2S.